The van der Waals surface area contributed by atoms with Gasteiger partial charge in [0.1, 0.15) is 11.9 Å². The average molecular weight is 344 g/mol. The van der Waals surface area contributed by atoms with Crippen molar-refractivity contribution in [2.24, 2.45) is 0 Å². The van der Waals surface area contributed by atoms with Gasteiger partial charge in [-0.3, -0.25) is 4.79 Å². The molecule has 0 radical (unpaired) electrons. The van der Waals surface area contributed by atoms with Crippen LogP contribution in [0.15, 0.2) is 29.2 Å². The van der Waals surface area contributed by atoms with Gasteiger partial charge < -0.3 is 4.90 Å². The van der Waals surface area contributed by atoms with Crippen LogP contribution in [-0.4, -0.2) is 38.4 Å². The minimum atomic E-state index is -3.86. The molecule has 0 aliphatic heterocycles. The predicted octanol–water partition coefficient (Wildman–Crippen LogP) is 2.53. The molecule has 0 saturated heterocycles. The van der Waals surface area contributed by atoms with Crippen molar-refractivity contribution in [2.45, 2.75) is 51.0 Å². The fourth-order valence-electron chi connectivity index (χ4n) is 2.27. The lowest BCUT2D eigenvalue weighted by atomic mass is 10.2. The zero-order chi connectivity index (χ0) is 17.5. The molecular weight excluding hydrogens is 319 g/mol. The highest BCUT2D eigenvalue weighted by molar-refractivity contribution is 7.89. The van der Waals surface area contributed by atoms with E-state index < -0.39 is 21.9 Å². The van der Waals surface area contributed by atoms with E-state index in [2.05, 4.69) is 4.72 Å². The van der Waals surface area contributed by atoms with E-state index in [9.17, 15) is 17.6 Å². The summed E-state index contributed by atoms with van der Waals surface area (Å²) in [7, 11) is -3.86. The molecule has 1 N–H and O–H groups in total. The van der Waals surface area contributed by atoms with Gasteiger partial charge in [-0.15, -0.1) is 0 Å². The summed E-state index contributed by atoms with van der Waals surface area (Å²) in [5, 5.41) is 0. The van der Waals surface area contributed by atoms with Crippen LogP contribution < -0.4 is 4.72 Å². The Hall–Kier alpha value is -1.47. The topological polar surface area (TPSA) is 66.5 Å². The van der Waals surface area contributed by atoms with E-state index >= 15 is 0 Å². The van der Waals surface area contributed by atoms with Crippen molar-refractivity contribution in [3.63, 3.8) is 0 Å². The third kappa shape index (κ3) is 5.58. The van der Waals surface area contributed by atoms with Gasteiger partial charge in [0.05, 0.1) is 4.90 Å². The molecular formula is C16H25FN2O3S. The van der Waals surface area contributed by atoms with Crippen molar-refractivity contribution >= 4 is 15.9 Å². The van der Waals surface area contributed by atoms with E-state index in [0.29, 0.717) is 19.5 Å². The first-order valence-corrected chi connectivity index (χ1v) is 9.40. The highest BCUT2D eigenvalue weighted by Gasteiger charge is 2.27. The Morgan fingerprint density at radius 3 is 2.09 bits per heavy atom. The number of hydrogen-bond acceptors (Lipinski definition) is 3. The molecule has 0 aromatic heterocycles. The molecule has 130 valence electrons. The van der Waals surface area contributed by atoms with Gasteiger partial charge in [0.25, 0.3) is 0 Å². The van der Waals surface area contributed by atoms with Gasteiger partial charge in [-0.25, -0.2) is 12.8 Å². The number of nitrogens with zero attached hydrogens (tertiary/aromatic N) is 1. The monoisotopic (exact) mass is 344 g/mol. The molecule has 1 amide bonds. The van der Waals surface area contributed by atoms with Crippen molar-refractivity contribution in [1.29, 1.82) is 0 Å². The fraction of sp³-hybridized carbons (Fsp3) is 0.562. The summed E-state index contributed by atoms with van der Waals surface area (Å²) in [5.41, 5.74) is 0. The van der Waals surface area contributed by atoms with Gasteiger partial charge >= 0.3 is 0 Å². The number of nitrogens with one attached hydrogen (secondary N) is 1. The van der Waals surface area contributed by atoms with Crippen LogP contribution in [0.1, 0.15) is 40.0 Å². The molecule has 1 aromatic rings. The Labute approximate surface area is 137 Å². The van der Waals surface area contributed by atoms with Crippen LogP contribution in [0.4, 0.5) is 4.39 Å². The third-order valence-corrected chi connectivity index (χ3v) is 4.91. The summed E-state index contributed by atoms with van der Waals surface area (Å²) < 4.78 is 40.1. The van der Waals surface area contributed by atoms with Gasteiger partial charge in [-0.05, 0) is 43.5 Å². The second-order valence-corrected chi connectivity index (χ2v) is 7.08. The van der Waals surface area contributed by atoms with E-state index in [-0.39, 0.29) is 10.8 Å². The van der Waals surface area contributed by atoms with Crippen LogP contribution in [0.25, 0.3) is 0 Å². The molecule has 1 rings (SSSR count). The molecule has 5 nitrogen and oxygen atoms in total. The van der Waals surface area contributed by atoms with Crippen LogP contribution in [0.2, 0.25) is 0 Å². The highest BCUT2D eigenvalue weighted by atomic mass is 32.2. The Morgan fingerprint density at radius 1 is 1.13 bits per heavy atom. The van der Waals surface area contributed by atoms with Crippen molar-refractivity contribution in [1.82, 2.24) is 9.62 Å². The van der Waals surface area contributed by atoms with Crippen LogP contribution in [0.3, 0.4) is 0 Å². The van der Waals surface area contributed by atoms with E-state index in [1.807, 2.05) is 13.8 Å². The molecule has 1 aromatic carbocycles. The fourth-order valence-corrected chi connectivity index (χ4v) is 3.54. The van der Waals surface area contributed by atoms with Crippen molar-refractivity contribution < 1.29 is 17.6 Å². The number of hydrogen-bond donors (Lipinski definition) is 1. The maximum atomic E-state index is 12.9. The minimum absolute atomic E-state index is 0.0531. The smallest absolute Gasteiger partial charge is 0.241 e. The molecule has 7 heteroatoms. The Bertz CT molecular complexity index is 596. The zero-order valence-electron chi connectivity index (χ0n) is 13.9. The minimum Gasteiger partial charge on any atom is -0.341 e. The molecule has 23 heavy (non-hydrogen) atoms. The third-order valence-electron chi connectivity index (χ3n) is 3.43. The standard InChI is InChI=1S/C16H25FN2O3S/c1-4-11-19(12-5-2)16(20)15(6-3)18-23(21,22)14-9-7-13(17)8-10-14/h7-10,15,18H,4-6,11-12H2,1-3H3. The summed E-state index contributed by atoms with van der Waals surface area (Å²) >= 11 is 0. The summed E-state index contributed by atoms with van der Waals surface area (Å²) in [6.45, 7) is 6.90. The zero-order valence-corrected chi connectivity index (χ0v) is 14.7. The highest BCUT2D eigenvalue weighted by Crippen LogP contribution is 2.12. The molecule has 0 fully saturated rings. The number of sulfonamides is 1. The van der Waals surface area contributed by atoms with Gasteiger partial charge in [0.15, 0.2) is 0 Å². The summed E-state index contributed by atoms with van der Waals surface area (Å²) in [6.07, 6.45) is 1.98. The largest absolute Gasteiger partial charge is 0.341 e. The number of benzene rings is 1. The first-order chi connectivity index (χ1) is 10.9. The van der Waals surface area contributed by atoms with E-state index in [4.69, 9.17) is 0 Å². The molecule has 0 bridgehead atoms. The summed E-state index contributed by atoms with van der Waals surface area (Å²) in [5.74, 6) is -0.731. The number of carbonyl (C=O) groups excluding carboxylic acids is 1. The van der Waals surface area contributed by atoms with Crippen LogP contribution in [0, 0.1) is 5.82 Å². The molecule has 1 atom stereocenters. The van der Waals surface area contributed by atoms with Gasteiger partial charge in [-0.2, -0.15) is 4.72 Å². The van der Waals surface area contributed by atoms with E-state index in [1.165, 1.54) is 12.1 Å². The first kappa shape index (κ1) is 19.6. The summed E-state index contributed by atoms with van der Waals surface area (Å²) in [4.78, 5) is 14.2. The molecule has 0 aliphatic rings. The maximum absolute atomic E-state index is 12.9. The Kier molecular flexibility index (Phi) is 7.64. The maximum Gasteiger partial charge on any atom is 0.241 e. The lowest BCUT2D eigenvalue weighted by Crippen LogP contribution is -2.48. The average Bonchev–Trinajstić information content (AvgIpc) is 2.52. The summed E-state index contributed by atoms with van der Waals surface area (Å²) in [6, 6.07) is 3.72. The first-order valence-electron chi connectivity index (χ1n) is 7.92. The number of halogens is 1. The lowest BCUT2D eigenvalue weighted by Gasteiger charge is -2.26. The van der Waals surface area contributed by atoms with Gasteiger partial charge in [0, 0.05) is 13.1 Å². The van der Waals surface area contributed by atoms with Crippen LogP contribution in [-0.2, 0) is 14.8 Å². The quantitative estimate of drug-likeness (QED) is 0.748. The van der Waals surface area contributed by atoms with Gasteiger partial charge in [-0.1, -0.05) is 20.8 Å². The second kappa shape index (κ2) is 8.98. The number of amides is 1. The lowest BCUT2D eigenvalue weighted by molar-refractivity contribution is -0.133. The second-order valence-electron chi connectivity index (χ2n) is 5.36. The SMILES string of the molecule is CCCN(CCC)C(=O)C(CC)NS(=O)(=O)c1ccc(F)cc1. The molecule has 0 aliphatic carbocycles. The number of rotatable bonds is 9. The predicted molar refractivity (Wildman–Crippen MR) is 88.0 cm³/mol. The van der Waals surface area contributed by atoms with E-state index in [1.54, 1.807) is 11.8 Å². The van der Waals surface area contributed by atoms with E-state index in [0.717, 1.165) is 25.0 Å². The number of carbonyl (C=O) groups is 1. The van der Waals surface area contributed by atoms with Crippen molar-refractivity contribution in [2.75, 3.05) is 13.1 Å². The molecule has 1 unspecified atom stereocenters. The molecule has 0 spiro atoms. The molecule has 0 saturated carbocycles. The van der Waals surface area contributed by atoms with Crippen molar-refractivity contribution in [3.05, 3.63) is 30.1 Å². The Balaban J connectivity index is 2.92. The van der Waals surface area contributed by atoms with Crippen LogP contribution in [0.5, 0.6) is 0 Å². The van der Waals surface area contributed by atoms with Crippen molar-refractivity contribution in [3.8, 4) is 0 Å². The normalized spacial score (nSPS) is 12.9. The molecule has 0 heterocycles. The Morgan fingerprint density at radius 2 is 1.65 bits per heavy atom. The van der Waals surface area contributed by atoms with Crippen LogP contribution >= 0.6 is 0 Å². The van der Waals surface area contributed by atoms with Gasteiger partial charge in [0.2, 0.25) is 15.9 Å².